The molecule has 3 rings (SSSR count). The maximum Gasteiger partial charge on any atom is 0.414 e. The van der Waals surface area contributed by atoms with E-state index >= 15 is 0 Å². The fourth-order valence-electron chi connectivity index (χ4n) is 3.00. The predicted octanol–water partition coefficient (Wildman–Crippen LogP) is 2.01. The predicted molar refractivity (Wildman–Crippen MR) is 104 cm³/mol. The van der Waals surface area contributed by atoms with Crippen LogP contribution in [0.4, 0.5) is 4.79 Å². The van der Waals surface area contributed by atoms with Crippen molar-refractivity contribution in [1.82, 2.24) is 5.32 Å². The second kappa shape index (κ2) is 8.74. The van der Waals surface area contributed by atoms with Crippen LogP contribution in [0.3, 0.4) is 0 Å². The molecule has 0 spiro atoms. The lowest BCUT2D eigenvalue weighted by atomic mass is 10.0. The summed E-state index contributed by atoms with van der Waals surface area (Å²) in [7, 11) is 1.31. The van der Waals surface area contributed by atoms with Crippen molar-refractivity contribution in [2.24, 2.45) is 5.73 Å². The molecule has 0 radical (unpaired) electrons. The number of carbonyl (C=O) groups is 3. The normalized spacial score (nSPS) is 16.7. The van der Waals surface area contributed by atoms with Gasteiger partial charge in [-0.1, -0.05) is 24.3 Å². The molecule has 1 aliphatic heterocycles. The Morgan fingerprint density at radius 1 is 1.17 bits per heavy atom. The molecule has 2 amide bonds. The van der Waals surface area contributed by atoms with Gasteiger partial charge in [-0.05, 0) is 48.2 Å². The molecular weight excluding hydrogens is 376 g/mol. The van der Waals surface area contributed by atoms with Crippen LogP contribution in [0, 0.1) is 6.92 Å². The lowest BCUT2D eigenvalue weighted by molar-refractivity contribution is -0.142. The van der Waals surface area contributed by atoms with Crippen LogP contribution in [0.15, 0.2) is 42.5 Å². The molecule has 0 bridgehead atoms. The number of methoxy groups -OCH3 is 1. The molecule has 1 saturated heterocycles. The van der Waals surface area contributed by atoms with Gasteiger partial charge in [0.05, 0.1) is 7.11 Å². The van der Waals surface area contributed by atoms with Gasteiger partial charge in [-0.15, -0.1) is 0 Å². The van der Waals surface area contributed by atoms with E-state index in [4.69, 9.17) is 15.2 Å². The molecule has 29 heavy (non-hydrogen) atoms. The maximum absolute atomic E-state index is 11.6. The van der Waals surface area contributed by atoms with Gasteiger partial charge in [-0.2, -0.15) is 0 Å². The van der Waals surface area contributed by atoms with Gasteiger partial charge in [0.1, 0.15) is 17.5 Å². The molecule has 2 unspecified atom stereocenters. The zero-order chi connectivity index (χ0) is 21.0. The Labute approximate surface area is 167 Å². The molecule has 8 heteroatoms. The molecule has 0 aromatic heterocycles. The summed E-state index contributed by atoms with van der Waals surface area (Å²) in [5.74, 6) is 0.423. The average Bonchev–Trinajstić information content (AvgIpc) is 3.01. The summed E-state index contributed by atoms with van der Waals surface area (Å²) in [4.78, 5) is 34.1. The number of cyclic esters (lactones) is 1. The summed E-state index contributed by atoms with van der Waals surface area (Å²) in [5.41, 5.74) is 8.40. The molecule has 2 atom stereocenters. The van der Waals surface area contributed by atoms with Crippen LogP contribution < -0.4 is 15.8 Å². The minimum Gasteiger partial charge on any atom is -0.468 e. The van der Waals surface area contributed by atoms with Crippen molar-refractivity contribution in [3.8, 4) is 11.5 Å². The Morgan fingerprint density at radius 2 is 1.86 bits per heavy atom. The number of ether oxygens (including phenoxy) is 3. The highest BCUT2D eigenvalue weighted by molar-refractivity contribution is 6.00. The summed E-state index contributed by atoms with van der Waals surface area (Å²) >= 11 is 0. The van der Waals surface area contributed by atoms with Gasteiger partial charge in [0.15, 0.2) is 6.10 Å². The number of hydrogen-bond acceptors (Lipinski definition) is 7. The monoisotopic (exact) mass is 398 g/mol. The van der Waals surface area contributed by atoms with E-state index < -0.39 is 30.1 Å². The number of imide groups is 1. The molecule has 2 aromatic rings. The molecule has 1 aliphatic rings. The van der Waals surface area contributed by atoms with Crippen molar-refractivity contribution < 1.29 is 28.6 Å². The van der Waals surface area contributed by atoms with Crippen molar-refractivity contribution in [1.29, 1.82) is 0 Å². The molecule has 0 aliphatic carbocycles. The summed E-state index contributed by atoms with van der Waals surface area (Å²) in [5, 5.41) is 2.11. The lowest BCUT2D eigenvalue weighted by Gasteiger charge is -2.13. The molecule has 0 saturated carbocycles. The highest BCUT2D eigenvalue weighted by Crippen LogP contribution is 2.27. The van der Waals surface area contributed by atoms with E-state index in [1.807, 2.05) is 31.2 Å². The summed E-state index contributed by atoms with van der Waals surface area (Å²) in [6.07, 6.45) is -0.848. The topological polar surface area (TPSA) is 117 Å². The highest BCUT2D eigenvalue weighted by Gasteiger charge is 2.32. The number of rotatable bonds is 7. The Hall–Kier alpha value is -3.39. The largest absolute Gasteiger partial charge is 0.468 e. The van der Waals surface area contributed by atoms with Crippen molar-refractivity contribution in [2.75, 3.05) is 7.11 Å². The van der Waals surface area contributed by atoms with Gasteiger partial charge in [0.25, 0.3) is 5.91 Å². The van der Waals surface area contributed by atoms with Crippen LogP contribution >= 0.6 is 0 Å². The Bertz CT molecular complexity index is 925. The van der Waals surface area contributed by atoms with E-state index in [9.17, 15) is 14.4 Å². The van der Waals surface area contributed by atoms with Crippen LogP contribution in [0.2, 0.25) is 0 Å². The summed E-state index contributed by atoms with van der Waals surface area (Å²) in [6, 6.07) is 12.1. The minimum absolute atomic E-state index is 0.299. The number of nitrogens with two attached hydrogens (primary N) is 1. The molecule has 152 valence electrons. The number of esters is 1. The number of amides is 2. The third kappa shape index (κ3) is 5.11. The zero-order valence-electron chi connectivity index (χ0n) is 16.1. The van der Waals surface area contributed by atoms with Gasteiger partial charge in [-0.25, -0.2) is 4.79 Å². The zero-order valence-corrected chi connectivity index (χ0v) is 16.1. The first kappa shape index (κ1) is 20.3. The number of alkyl carbamates (subject to hydrolysis) is 1. The first-order valence-corrected chi connectivity index (χ1v) is 9.07. The Balaban J connectivity index is 1.62. The summed E-state index contributed by atoms with van der Waals surface area (Å²) in [6.45, 7) is 1.89. The molecule has 1 heterocycles. The van der Waals surface area contributed by atoms with Crippen molar-refractivity contribution in [3.05, 3.63) is 59.2 Å². The van der Waals surface area contributed by atoms with E-state index in [0.29, 0.717) is 24.3 Å². The average molecular weight is 398 g/mol. The van der Waals surface area contributed by atoms with E-state index in [0.717, 1.165) is 16.7 Å². The van der Waals surface area contributed by atoms with Gasteiger partial charge < -0.3 is 19.9 Å². The third-order valence-corrected chi connectivity index (χ3v) is 4.54. The molecule has 2 aromatic carbocycles. The number of nitrogens with one attached hydrogen (secondary N) is 1. The first-order chi connectivity index (χ1) is 13.9. The number of hydrogen-bond donors (Lipinski definition) is 2. The maximum atomic E-state index is 11.6. The SMILES string of the molecule is COC(=O)C(N)Cc1ccc(Oc2ccc(CC3OC(=O)NC3=O)cc2C)cc1. The van der Waals surface area contributed by atoms with Crippen LogP contribution in [0.25, 0.3) is 0 Å². The second-order valence-corrected chi connectivity index (χ2v) is 6.77. The smallest absolute Gasteiger partial charge is 0.414 e. The fourth-order valence-corrected chi connectivity index (χ4v) is 3.00. The van der Waals surface area contributed by atoms with E-state index in [2.05, 4.69) is 10.1 Å². The van der Waals surface area contributed by atoms with Gasteiger partial charge in [0.2, 0.25) is 0 Å². The standard InChI is InChI=1S/C21H22N2O6/c1-12-9-14(11-18-19(24)23-21(26)29-18)5-8-17(12)28-15-6-3-13(4-7-15)10-16(22)20(25)27-2/h3-9,16,18H,10-11,22H2,1-2H3,(H,23,24,26). The van der Waals surface area contributed by atoms with Crippen LogP contribution in [-0.2, 0) is 31.9 Å². The number of benzene rings is 2. The van der Waals surface area contributed by atoms with Gasteiger partial charge in [-0.3, -0.25) is 14.9 Å². The third-order valence-electron chi connectivity index (χ3n) is 4.54. The van der Waals surface area contributed by atoms with E-state index in [1.54, 1.807) is 18.2 Å². The van der Waals surface area contributed by atoms with Crippen molar-refractivity contribution >= 4 is 18.0 Å². The van der Waals surface area contributed by atoms with Gasteiger partial charge >= 0.3 is 12.1 Å². The highest BCUT2D eigenvalue weighted by atomic mass is 16.6. The second-order valence-electron chi connectivity index (χ2n) is 6.77. The minimum atomic E-state index is -0.808. The first-order valence-electron chi connectivity index (χ1n) is 9.07. The number of aryl methyl sites for hydroxylation is 1. The van der Waals surface area contributed by atoms with Crippen LogP contribution in [-0.4, -0.2) is 37.2 Å². The van der Waals surface area contributed by atoms with E-state index in [-0.39, 0.29) is 0 Å². The quantitative estimate of drug-likeness (QED) is 0.685. The molecular formula is C21H22N2O6. The van der Waals surface area contributed by atoms with Gasteiger partial charge in [0, 0.05) is 6.42 Å². The molecule has 8 nitrogen and oxygen atoms in total. The van der Waals surface area contributed by atoms with Crippen molar-refractivity contribution in [2.45, 2.75) is 31.9 Å². The Kier molecular flexibility index (Phi) is 6.13. The molecule has 3 N–H and O–H groups in total. The van der Waals surface area contributed by atoms with Crippen molar-refractivity contribution in [3.63, 3.8) is 0 Å². The van der Waals surface area contributed by atoms with Crippen LogP contribution in [0.5, 0.6) is 11.5 Å². The molecule has 1 fully saturated rings. The van der Waals surface area contributed by atoms with Crippen LogP contribution in [0.1, 0.15) is 16.7 Å². The Morgan fingerprint density at radius 3 is 2.45 bits per heavy atom. The summed E-state index contributed by atoms with van der Waals surface area (Å²) < 4.78 is 15.5. The fraction of sp³-hybridized carbons (Fsp3) is 0.286. The van der Waals surface area contributed by atoms with E-state index in [1.165, 1.54) is 7.11 Å². The number of carbonyl (C=O) groups excluding carboxylic acids is 3. The lowest BCUT2D eigenvalue weighted by Crippen LogP contribution is -2.33.